The fourth-order valence-electron chi connectivity index (χ4n) is 5.48. The summed E-state index contributed by atoms with van der Waals surface area (Å²) in [5.74, 6) is 0. The van der Waals surface area contributed by atoms with E-state index >= 15 is 0 Å². The molecule has 0 aliphatic carbocycles. The number of quaternary nitrogens is 2. The van der Waals surface area contributed by atoms with Crippen molar-refractivity contribution >= 4 is 43.7 Å². The van der Waals surface area contributed by atoms with Gasteiger partial charge in [-0.2, -0.15) is 0 Å². The fraction of sp³-hybridized carbons (Fsp3) is 0.176. The van der Waals surface area contributed by atoms with Crippen LogP contribution in [-0.4, -0.2) is 42.3 Å². The Balaban J connectivity index is 1.56. The van der Waals surface area contributed by atoms with Crippen molar-refractivity contribution < 1.29 is 0 Å². The standard InChI is InChI=1S/C34H34N2/c1-35(2,3)27-15-7-23(8-16-27)29-19-11-25-14-22-32-30(24-9-17-28(18-10-24)36(4,5)6)20-12-26-13-21-31(29)33(25)34(26)32/h7-22H,1-6H3/q+2. The van der Waals surface area contributed by atoms with Crippen LogP contribution in [0, 0.1) is 0 Å². The van der Waals surface area contributed by atoms with Gasteiger partial charge in [0.2, 0.25) is 0 Å². The number of hydrogen-bond donors (Lipinski definition) is 0. The van der Waals surface area contributed by atoms with Crippen molar-refractivity contribution in [2.75, 3.05) is 42.3 Å². The van der Waals surface area contributed by atoms with Crippen molar-refractivity contribution in [1.29, 1.82) is 0 Å². The van der Waals surface area contributed by atoms with Crippen LogP contribution >= 0.6 is 0 Å². The van der Waals surface area contributed by atoms with Crippen molar-refractivity contribution in [1.82, 2.24) is 8.97 Å². The molecule has 0 heterocycles. The summed E-state index contributed by atoms with van der Waals surface area (Å²) < 4.78 is 1.63. The topological polar surface area (TPSA) is 0 Å². The zero-order chi connectivity index (χ0) is 25.2. The highest BCUT2D eigenvalue weighted by molar-refractivity contribution is 6.27. The van der Waals surface area contributed by atoms with Gasteiger partial charge < -0.3 is 0 Å². The van der Waals surface area contributed by atoms with E-state index in [0.29, 0.717) is 0 Å². The second kappa shape index (κ2) is 7.89. The Morgan fingerprint density at radius 2 is 0.694 bits per heavy atom. The van der Waals surface area contributed by atoms with Gasteiger partial charge in [-0.3, -0.25) is 8.97 Å². The highest BCUT2D eigenvalue weighted by Crippen LogP contribution is 2.42. The van der Waals surface area contributed by atoms with Gasteiger partial charge in [0, 0.05) is 0 Å². The molecule has 0 aliphatic rings. The second-order valence-electron chi connectivity index (χ2n) is 11.8. The van der Waals surface area contributed by atoms with E-state index in [0.717, 1.165) is 8.97 Å². The maximum Gasteiger partial charge on any atom is 0.132 e. The summed E-state index contributed by atoms with van der Waals surface area (Å²) in [4.78, 5) is 0. The molecule has 0 radical (unpaired) electrons. The summed E-state index contributed by atoms with van der Waals surface area (Å²) in [5, 5.41) is 7.97. The van der Waals surface area contributed by atoms with Crippen LogP contribution in [0.25, 0.3) is 54.6 Å². The van der Waals surface area contributed by atoms with E-state index in [1.165, 1.54) is 65.9 Å². The number of nitrogens with zero attached hydrogens (tertiary/aromatic N) is 2. The Labute approximate surface area is 214 Å². The minimum Gasteiger partial charge on any atom is -0.298 e. The summed E-state index contributed by atoms with van der Waals surface area (Å²) in [6.07, 6.45) is 0. The summed E-state index contributed by atoms with van der Waals surface area (Å²) in [6.45, 7) is 0. The Bertz CT molecular complexity index is 1580. The van der Waals surface area contributed by atoms with E-state index in [2.05, 4.69) is 139 Å². The number of benzene rings is 6. The van der Waals surface area contributed by atoms with Crippen LogP contribution in [0.4, 0.5) is 11.4 Å². The summed E-state index contributed by atoms with van der Waals surface area (Å²) in [5.41, 5.74) is 7.72. The van der Waals surface area contributed by atoms with E-state index in [1.807, 2.05) is 0 Å². The Morgan fingerprint density at radius 1 is 0.361 bits per heavy atom. The van der Waals surface area contributed by atoms with Crippen LogP contribution in [0.5, 0.6) is 0 Å². The highest BCUT2D eigenvalue weighted by Gasteiger charge is 2.17. The second-order valence-corrected chi connectivity index (χ2v) is 11.8. The van der Waals surface area contributed by atoms with E-state index < -0.39 is 0 Å². The zero-order valence-corrected chi connectivity index (χ0v) is 22.1. The van der Waals surface area contributed by atoms with Crippen molar-refractivity contribution in [2.24, 2.45) is 0 Å². The molecule has 0 unspecified atom stereocenters. The normalized spacial score (nSPS) is 12.7. The third kappa shape index (κ3) is 3.65. The van der Waals surface area contributed by atoms with Gasteiger partial charge in [-0.1, -0.05) is 48.5 Å². The van der Waals surface area contributed by atoms with E-state index in [-0.39, 0.29) is 0 Å². The Hall–Kier alpha value is -3.72. The molecule has 6 aromatic rings. The molecule has 0 aliphatic heterocycles. The first kappa shape index (κ1) is 22.7. The molecule has 0 spiro atoms. The molecule has 0 saturated carbocycles. The van der Waals surface area contributed by atoms with Gasteiger partial charge in [0.05, 0.1) is 42.3 Å². The van der Waals surface area contributed by atoms with Crippen LogP contribution in [0.2, 0.25) is 0 Å². The monoisotopic (exact) mass is 470 g/mol. The van der Waals surface area contributed by atoms with Gasteiger partial charge in [0.1, 0.15) is 11.4 Å². The van der Waals surface area contributed by atoms with Gasteiger partial charge in [-0.05, 0) is 103 Å². The first-order valence-electron chi connectivity index (χ1n) is 12.7. The van der Waals surface area contributed by atoms with Gasteiger partial charge in [-0.15, -0.1) is 0 Å². The summed E-state index contributed by atoms with van der Waals surface area (Å²) in [6, 6.07) is 36.4. The third-order valence-corrected chi connectivity index (χ3v) is 7.57. The lowest BCUT2D eigenvalue weighted by molar-refractivity contribution is 0.486. The molecule has 0 amide bonds. The van der Waals surface area contributed by atoms with Crippen LogP contribution < -0.4 is 8.97 Å². The van der Waals surface area contributed by atoms with Gasteiger partial charge in [0.15, 0.2) is 0 Å². The van der Waals surface area contributed by atoms with Gasteiger partial charge >= 0.3 is 0 Å². The Morgan fingerprint density at radius 3 is 1.03 bits per heavy atom. The zero-order valence-electron chi connectivity index (χ0n) is 22.1. The van der Waals surface area contributed by atoms with Crippen molar-refractivity contribution in [3.63, 3.8) is 0 Å². The van der Waals surface area contributed by atoms with Crippen molar-refractivity contribution in [3.8, 4) is 22.3 Å². The SMILES string of the molecule is C[N+](C)(C)c1ccc(-c2ccc3ccc4c(-c5ccc([N+](C)(C)C)cc5)ccc5ccc2c3c54)cc1. The highest BCUT2D eigenvalue weighted by atomic mass is 15.3. The summed E-state index contributed by atoms with van der Waals surface area (Å²) in [7, 11) is 13.2. The molecular formula is C34H34N2+2. The molecule has 0 N–H and O–H groups in total. The predicted octanol–water partition coefficient (Wildman–Crippen LogP) is 8.31. The van der Waals surface area contributed by atoms with E-state index in [9.17, 15) is 0 Å². The lowest BCUT2D eigenvalue weighted by Gasteiger charge is -2.23. The third-order valence-electron chi connectivity index (χ3n) is 7.57. The lowest BCUT2D eigenvalue weighted by Crippen LogP contribution is -2.34. The molecule has 6 aromatic carbocycles. The Kier molecular flexibility index (Phi) is 4.98. The van der Waals surface area contributed by atoms with Crippen LogP contribution in [0.15, 0.2) is 97.1 Å². The van der Waals surface area contributed by atoms with Crippen LogP contribution in [0.3, 0.4) is 0 Å². The van der Waals surface area contributed by atoms with Crippen molar-refractivity contribution in [3.05, 3.63) is 97.1 Å². The molecule has 2 heteroatoms. The first-order valence-corrected chi connectivity index (χ1v) is 12.7. The molecule has 0 atom stereocenters. The lowest BCUT2D eigenvalue weighted by atomic mass is 9.87. The molecule has 0 aromatic heterocycles. The smallest absolute Gasteiger partial charge is 0.132 e. The molecule has 178 valence electrons. The predicted molar refractivity (Wildman–Crippen MR) is 160 cm³/mol. The van der Waals surface area contributed by atoms with E-state index in [4.69, 9.17) is 0 Å². The summed E-state index contributed by atoms with van der Waals surface area (Å²) >= 11 is 0. The first-order chi connectivity index (χ1) is 17.1. The van der Waals surface area contributed by atoms with Crippen LogP contribution in [-0.2, 0) is 0 Å². The molecular weight excluding hydrogens is 436 g/mol. The molecule has 0 bridgehead atoms. The quantitative estimate of drug-likeness (QED) is 0.179. The van der Waals surface area contributed by atoms with Crippen molar-refractivity contribution in [2.45, 2.75) is 0 Å². The number of hydrogen-bond acceptors (Lipinski definition) is 0. The molecule has 36 heavy (non-hydrogen) atoms. The van der Waals surface area contributed by atoms with Gasteiger partial charge in [-0.25, -0.2) is 0 Å². The maximum atomic E-state index is 2.31. The average molecular weight is 471 g/mol. The minimum absolute atomic E-state index is 0.817. The molecule has 0 fully saturated rings. The molecule has 2 nitrogen and oxygen atoms in total. The minimum atomic E-state index is 0.817. The van der Waals surface area contributed by atoms with E-state index in [1.54, 1.807) is 0 Å². The number of rotatable bonds is 4. The van der Waals surface area contributed by atoms with Gasteiger partial charge in [0.25, 0.3) is 0 Å². The van der Waals surface area contributed by atoms with Crippen LogP contribution in [0.1, 0.15) is 0 Å². The average Bonchev–Trinajstić information content (AvgIpc) is 2.86. The largest absolute Gasteiger partial charge is 0.298 e. The fourth-order valence-corrected chi connectivity index (χ4v) is 5.48. The maximum absolute atomic E-state index is 2.31. The molecule has 6 rings (SSSR count). The molecule has 0 saturated heterocycles.